The molecule has 1 saturated carbocycles. The number of thiazole rings is 1. The predicted octanol–water partition coefficient (Wildman–Crippen LogP) is 1.77. The normalized spacial score (nSPS) is 33.1. The first-order chi connectivity index (χ1) is 7.36. The maximum absolute atomic E-state index is 6.25. The molecule has 2 atom stereocenters. The second-order valence-electron chi connectivity index (χ2n) is 4.63. The molecule has 0 amide bonds. The van der Waals surface area contributed by atoms with Crippen LogP contribution in [-0.2, 0) is 0 Å². The van der Waals surface area contributed by atoms with Crippen LogP contribution in [-0.4, -0.2) is 28.5 Å². The van der Waals surface area contributed by atoms with E-state index in [9.17, 15) is 0 Å². The second kappa shape index (κ2) is 3.85. The molecule has 15 heavy (non-hydrogen) atoms. The first kappa shape index (κ1) is 9.75. The first-order valence-electron chi connectivity index (χ1n) is 5.75. The van der Waals surface area contributed by atoms with Gasteiger partial charge in [-0.25, -0.2) is 4.98 Å². The predicted molar refractivity (Wildman–Crippen MR) is 61.8 cm³/mol. The van der Waals surface area contributed by atoms with Crippen LogP contribution in [0.4, 0.5) is 0 Å². The summed E-state index contributed by atoms with van der Waals surface area (Å²) in [4.78, 5) is 7.03. The maximum Gasteiger partial charge on any atom is 0.0795 e. The van der Waals surface area contributed by atoms with E-state index in [2.05, 4.69) is 15.3 Å². The summed E-state index contributed by atoms with van der Waals surface area (Å²) in [6.45, 7) is 1.21. The van der Waals surface area contributed by atoms with Crippen LogP contribution in [0.25, 0.3) is 0 Å². The number of hydrogen-bond donors (Lipinski definition) is 1. The van der Waals surface area contributed by atoms with Crippen molar-refractivity contribution >= 4 is 11.3 Å². The van der Waals surface area contributed by atoms with Crippen LogP contribution in [0.2, 0.25) is 0 Å². The number of nitrogens with zero attached hydrogens (tertiary/aromatic N) is 2. The van der Waals surface area contributed by atoms with E-state index < -0.39 is 0 Å². The molecule has 1 saturated heterocycles. The zero-order chi connectivity index (χ0) is 10.3. The van der Waals surface area contributed by atoms with E-state index in [-0.39, 0.29) is 6.04 Å². The zero-order valence-electron chi connectivity index (χ0n) is 8.80. The first-order valence-corrected chi connectivity index (χ1v) is 6.70. The van der Waals surface area contributed by atoms with Crippen molar-refractivity contribution in [1.82, 2.24) is 9.88 Å². The Bertz CT molecular complexity index is 321. The molecule has 1 aromatic heterocycles. The Labute approximate surface area is 94.3 Å². The molecule has 3 rings (SSSR count). The third-order valence-corrected chi connectivity index (χ3v) is 4.09. The van der Waals surface area contributed by atoms with Gasteiger partial charge in [0.25, 0.3) is 0 Å². The lowest BCUT2D eigenvalue weighted by molar-refractivity contribution is 0.117. The van der Waals surface area contributed by atoms with Gasteiger partial charge in [0.15, 0.2) is 0 Å². The van der Waals surface area contributed by atoms with Gasteiger partial charge in [-0.1, -0.05) is 0 Å². The minimum absolute atomic E-state index is 0.279. The summed E-state index contributed by atoms with van der Waals surface area (Å²) in [6.07, 6.45) is 5.10. The maximum atomic E-state index is 6.25. The summed E-state index contributed by atoms with van der Waals surface area (Å²) in [5.74, 6) is 0. The lowest BCUT2D eigenvalue weighted by Crippen LogP contribution is -2.46. The topological polar surface area (TPSA) is 42.1 Å². The van der Waals surface area contributed by atoms with Crippen molar-refractivity contribution in [3.05, 3.63) is 16.6 Å². The van der Waals surface area contributed by atoms with Gasteiger partial charge < -0.3 is 5.73 Å². The highest BCUT2D eigenvalue weighted by Gasteiger charge is 2.39. The molecule has 1 aliphatic carbocycles. The zero-order valence-corrected chi connectivity index (χ0v) is 9.62. The van der Waals surface area contributed by atoms with Gasteiger partial charge in [-0.15, -0.1) is 11.3 Å². The van der Waals surface area contributed by atoms with Gasteiger partial charge in [-0.05, 0) is 32.2 Å². The van der Waals surface area contributed by atoms with Crippen LogP contribution in [0.5, 0.6) is 0 Å². The molecule has 82 valence electrons. The van der Waals surface area contributed by atoms with E-state index >= 15 is 0 Å². The van der Waals surface area contributed by atoms with E-state index in [1.165, 1.54) is 31.5 Å². The van der Waals surface area contributed by atoms with E-state index in [4.69, 9.17) is 5.73 Å². The van der Waals surface area contributed by atoms with Crippen molar-refractivity contribution in [2.75, 3.05) is 6.54 Å². The fraction of sp³-hybridized carbons (Fsp3) is 0.727. The van der Waals surface area contributed by atoms with Gasteiger partial charge in [0.05, 0.1) is 17.2 Å². The number of likely N-dealkylation sites (tertiary alicyclic amines) is 1. The van der Waals surface area contributed by atoms with Gasteiger partial charge in [0.1, 0.15) is 0 Å². The van der Waals surface area contributed by atoms with Crippen molar-refractivity contribution in [3.63, 3.8) is 0 Å². The van der Waals surface area contributed by atoms with E-state index in [1.807, 2.05) is 5.51 Å². The van der Waals surface area contributed by atoms with Crippen molar-refractivity contribution in [2.24, 2.45) is 5.73 Å². The fourth-order valence-electron chi connectivity index (χ4n) is 2.63. The molecule has 0 spiro atoms. The average Bonchev–Trinajstić information content (AvgIpc) is 2.95. The molecule has 1 aromatic rings. The number of aromatic nitrogens is 1. The fourth-order valence-corrected chi connectivity index (χ4v) is 3.21. The Hall–Kier alpha value is -0.450. The Balaban J connectivity index is 1.86. The summed E-state index contributed by atoms with van der Waals surface area (Å²) in [6, 6.07) is 1.46. The van der Waals surface area contributed by atoms with Crippen LogP contribution in [0.1, 0.15) is 37.4 Å². The third kappa shape index (κ3) is 1.82. The molecule has 0 bridgehead atoms. The molecular formula is C11H17N3S. The highest BCUT2D eigenvalue weighted by Crippen LogP contribution is 2.38. The quantitative estimate of drug-likeness (QED) is 0.831. The largest absolute Gasteiger partial charge is 0.326 e. The summed E-state index contributed by atoms with van der Waals surface area (Å²) < 4.78 is 0. The molecular weight excluding hydrogens is 206 g/mol. The summed E-state index contributed by atoms with van der Waals surface area (Å²) in [5.41, 5.74) is 9.36. The van der Waals surface area contributed by atoms with Crippen molar-refractivity contribution in [3.8, 4) is 0 Å². The van der Waals surface area contributed by atoms with Crippen LogP contribution >= 0.6 is 11.3 Å². The van der Waals surface area contributed by atoms with Gasteiger partial charge in [0.2, 0.25) is 0 Å². The number of piperidine rings is 1. The van der Waals surface area contributed by atoms with Crippen molar-refractivity contribution < 1.29 is 0 Å². The molecule has 0 radical (unpaired) electrons. The number of rotatable bonds is 2. The molecule has 0 aromatic carbocycles. The molecule has 3 nitrogen and oxygen atoms in total. The highest BCUT2D eigenvalue weighted by molar-refractivity contribution is 7.07. The average molecular weight is 223 g/mol. The van der Waals surface area contributed by atoms with Gasteiger partial charge >= 0.3 is 0 Å². The Morgan fingerprint density at radius 2 is 2.27 bits per heavy atom. The van der Waals surface area contributed by atoms with Gasteiger partial charge in [0, 0.05) is 17.5 Å². The molecule has 2 unspecified atom stereocenters. The molecule has 2 fully saturated rings. The molecule has 2 aliphatic rings. The Kier molecular flexibility index (Phi) is 2.50. The monoisotopic (exact) mass is 223 g/mol. The number of nitrogens with two attached hydrogens (primary N) is 1. The lowest BCUT2D eigenvalue weighted by Gasteiger charge is -2.39. The van der Waals surface area contributed by atoms with Crippen molar-refractivity contribution in [1.29, 1.82) is 0 Å². The highest BCUT2D eigenvalue weighted by atomic mass is 32.1. The van der Waals surface area contributed by atoms with Gasteiger partial charge in [-0.2, -0.15) is 0 Å². The lowest BCUT2D eigenvalue weighted by atomic mass is 9.94. The molecule has 1 aliphatic heterocycles. The smallest absolute Gasteiger partial charge is 0.0795 e. The molecule has 4 heteroatoms. The van der Waals surface area contributed by atoms with E-state index in [0.717, 1.165) is 12.5 Å². The van der Waals surface area contributed by atoms with Gasteiger partial charge in [-0.3, -0.25) is 4.90 Å². The van der Waals surface area contributed by atoms with Crippen LogP contribution in [0.3, 0.4) is 0 Å². The third-order valence-electron chi connectivity index (χ3n) is 3.49. The van der Waals surface area contributed by atoms with Crippen molar-refractivity contribution in [2.45, 2.75) is 43.8 Å². The number of hydrogen-bond acceptors (Lipinski definition) is 4. The second-order valence-corrected chi connectivity index (χ2v) is 5.35. The van der Waals surface area contributed by atoms with Crippen LogP contribution < -0.4 is 5.73 Å². The van der Waals surface area contributed by atoms with E-state index in [0.29, 0.717) is 6.04 Å². The Morgan fingerprint density at radius 3 is 2.93 bits per heavy atom. The van der Waals surface area contributed by atoms with Crippen LogP contribution in [0, 0.1) is 0 Å². The SMILES string of the molecule is NC1CCCN(C2CC2)C1c1cscn1. The summed E-state index contributed by atoms with van der Waals surface area (Å²) in [7, 11) is 0. The van der Waals surface area contributed by atoms with E-state index in [1.54, 1.807) is 11.3 Å². The summed E-state index contributed by atoms with van der Waals surface area (Å²) in [5, 5.41) is 2.16. The standard InChI is InChI=1S/C11H17N3S/c12-9-2-1-5-14(8-3-4-8)11(9)10-6-15-7-13-10/h6-9,11H,1-5,12H2. The van der Waals surface area contributed by atoms with Crippen LogP contribution in [0.15, 0.2) is 10.9 Å². The minimum atomic E-state index is 0.279. The minimum Gasteiger partial charge on any atom is -0.326 e. The summed E-state index contributed by atoms with van der Waals surface area (Å²) >= 11 is 1.68. The Morgan fingerprint density at radius 1 is 1.40 bits per heavy atom. The molecule has 2 heterocycles. The molecule has 2 N–H and O–H groups in total.